The van der Waals surface area contributed by atoms with Gasteiger partial charge in [-0.25, -0.2) is 0 Å². The van der Waals surface area contributed by atoms with Crippen LogP contribution in [0.5, 0.6) is 0 Å². The van der Waals surface area contributed by atoms with Crippen LogP contribution < -0.4 is 5.32 Å². The van der Waals surface area contributed by atoms with E-state index in [0.29, 0.717) is 0 Å². The number of hydrogen-bond donors (Lipinski definition) is 1. The topological polar surface area (TPSA) is 55.2 Å². The number of nitrogens with one attached hydrogen (secondary N) is 1. The minimum atomic E-state index is -4.65. The Hall–Kier alpha value is -1.79. The fourth-order valence-electron chi connectivity index (χ4n) is 1.12. The lowest BCUT2D eigenvalue weighted by Gasteiger charge is -2.18. The minimum absolute atomic E-state index is 0.201. The summed E-state index contributed by atoms with van der Waals surface area (Å²) in [5.74, 6) is 0. The molecule has 7 heteroatoms. The van der Waals surface area contributed by atoms with Crippen molar-refractivity contribution in [2.75, 3.05) is 11.9 Å². The van der Waals surface area contributed by atoms with E-state index in [4.69, 9.17) is 0 Å². The number of nitro groups is 1. The van der Waals surface area contributed by atoms with Crippen molar-refractivity contribution < 1.29 is 18.1 Å². The summed E-state index contributed by atoms with van der Waals surface area (Å²) in [6, 6.07) is 5.38. The zero-order valence-corrected chi connectivity index (χ0v) is 8.07. The average molecular weight is 234 g/mol. The van der Waals surface area contributed by atoms with Crippen molar-refractivity contribution in [1.29, 1.82) is 0 Å². The Morgan fingerprint density at radius 3 is 2.31 bits per heavy atom. The summed E-state index contributed by atoms with van der Waals surface area (Å²) < 4.78 is 37.2. The third-order valence-electron chi connectivity index (χ3n) is 1.84. The lowest BCUT2D eigenvalue weighted by Crippen LogP contribution is -2.41. The summed E-state index contributed by atoms with van der Waals surface area (Å²) in [5.41, 5.74) is 0.201. The second-order valence-electron chi connectivity index (χ2n) is 3.12. The number of benzene rings is 1. The van der Waals surface area contributed by atoms with Gasteiger partial charge in [0.25, 0.3) is 0 Å². The summed E-state index contributed by atoms with van der Waals surface area (Å²) >= 11 is 0. The highest BCUT2D eigenvalue weighted by molar-refractivity contribution is 5.43. The third kappa shape index (κ3) is 3.76. The number of alkyl halides is 3. The molecule has 0 aliphatic heterocycles. The number of rotatable bonds is 4. The van der Waals surface area contributed by atoms with Gasteiger partial charge >= 0.3 is 6.18 Å². The first kappa shape index (κ1) is 12.3. The Kier molecular flexibility index (Phi) is 3.70. The first-order valence-corrected chi connectivity index (χ1v) is 4.39. The van der Waals surface area contributed by atoms with Gasteiger partial charge in [-0.05, 0) is 12.1 Å². The van der Waals surface area contributed by atoms with Crippen molar-refractivity contribution in [3.63, 3.8) is 0 Å². The number of halogens is 3. The van der Waals surface area contributed by atoms with Gasteiger partial charge in [0, 0.05) is 10.6 Å². The molecule has 0 spiro atoms. The fraction of sp³-hybridized carbons (Fsp3) is 0.333. The van der Waals surface area contributed by atoms with E-state index in [-0.39, 0.29) is 5.69 Å². The monoisotopic (exact) mass is 234 g/mol. The highest BCUT2D eigenvalue weighted by Crippen LogP contribution is 2.23. The Morgan fingerprint density at radius 2 is 1.88 bits per heavy atom. The molecule has 1 unspecified atom stereocenters. The summed E-state index contributed by atoms with van der Waals surface area (Å²) in [6.07, 6.45) is -4.65. The van der Waals surface area contributed by atoms with Crippen molar-refractivity contribution in [1.82, 2.24) is 0 Å². The van der Waals surface area contributed by atoms with Crippen LogP contribution in [0.3, 0.4) is 0 Å². The lowest BCUT2D eigenvalue weighted by molar-refractivity contribution is -0.488. The molecule has 16 heavy (non-hydrogen) atoms. The molecule has 0 saturated carbocycles. The predicted molar refractivity (Wildman–Crippen MR) is 51.8 cm³/mol. The van der Waals surface area contributed by atoms with E-state index >= 15 is 0 Å². The maximum atomic E-state index is 12.4. The van der Waals surface area contributed by atoms with E-state index in [2.05, 4.69) is 5.32 Å². The minimum Gasteiger partial charge on any atom is -0.369 e. The molecular formula is C9H9F3N2O2. The summed E-state index contributed by atoms with van der Waals surface area (Å²) in [5, 5.41) is 12.2. The quantitative estimate of drug-likeness (QED) is 0.642. The van der Waals surface area contributed by atoms with E-state index in [9.17, 15) is 23.3 Å². The Bertz CT molecular complexity index is 354. The second-order valence-corrected chi connectivity index (χ2v) is 3.12. The molecule has 0 heterocycles. The van der Waals surface area contributed by atoms with Gasteiger partial charge < -0.3 is 5.32 Å². The molecular weight excluding hydrogens is 225 g/mol. The van der Waals surface area contributed by atoms with Gasteiger partial charge in [0.1, 0.15) is 0 Å². The van der Waals surface area contributed by atoms with E-state index in [0.717, 1.165) is 0 Å². The van der Waals surface area contributed by atoms with Crippen LogP contribution >= 0.6 is 0 Å². The van der Waals surface area contributed by atoms with Crippen LogP contribution in [0, 0.1) is 10.1 Å². The SMILES string of the molecule is O=[N+]([O-])CC(Nc1ccccc1)C(F)(F)F. The number of anilines is 1. The van der Waals surface area contributed by atoms with Gasteiger partial charge in [-0.15, -0.1) is 0 Å². The molecule has 0 aliphatic rings. The molecule has 0 aliphatic carbocycles. The number of nitrogens with zero attached hydrogens (tertiary/aromatic N) is 1. The molecule has 0 aromatic heterocycles. The van der Waals surface area contributed by atoms with Crippen LogP contribution in [0.4, 0.5) is 18.9 Å². The lowest BCUT2D eigenvalue weighted by atomic mass is 10.2. The number of hydrogen-bond acceptors (Lipinski definition) is 3. The maximum absolute atomic E-state index is 12.4. The van der Waals surface area contributed by atoms with Crippen LogP contribution in [-0.4, -0.2) is 23.7 Å². The third-order valence-corrected chi connectivity index (χ3v) is 1.84. The summed E-state index contributed by atoms with van der Waals surface area (Å²) in [7, 11) is 0. The van der Waals surface area contributed by atoms with Crippen LogP contribution in [0.1, 0.15) is 0 Å². The van der Waals surface area contributed by atoms with Crippen LogP contribution in [0.2, 0.25) is 0 Å². The number of para-hydroxylation sites is 1. The van der Waals surface area contributed by atoms with Crippen molar-refractivity contribution in [3.8, 4) is 0 Å². The van der Waals surface area contributed by atoms with E-state index in [1.807, 2.05) is 0 Å². The average Bonchev–Trinajstić information content (AvgIpc) is 2.16. The molecule has 4 nitrogen and oxygen atoms in total. The zero-order chi connectivity index (χ0) is 12.2. The molecule has 1 rings (SSSR count). The first-order chi connectivity index (χ1) is 7.39. The predicted octanol–water partition coefficient (Wildman–Crippen LogP) is 2.31. The molecule has 0 amide bonds. The standard InChI is InChI=1S/C9H9F3N2O2/c10-9(11,12)8(6-14(15)16)13-7-4-2-1-3-5-7/h1-5,8,13H,6H2. The molecule has 0 bridgehead atoms. The summed E-state index contributed by atoms with van der Waals surface area (Å²) in [6.45, 7) is -1.20. The molecule has 1 aromatic rings. The zero-order valence-electron chi connectivity index (χ0n) is 8.07. The van der Waals surface area contributed by atoms with Crippen molar-refractivity contribution in [3.05, 3.63) is 40.4 Å². The fourth-order valence-corrected chi connectivity index (χ4v) is 1.12. The van der Waals surface area contributed by atoms with E-state index in [1.165, 1.54) is 12.1 Å². The van der Waals surface area contributed by atoms with E-state index < -0.39 is 23.7 Å². The Morgan fingerprint density at radius 1 is 1.31 bits per heavy atom. The Labute approximate surface area is 89.2 Å². The van der Waals surface area contributed by atoms with Crippen molar-refractivity contribution in [2.45, 2.75) is 12.2 Å². The van der Waals surface area contributed by atoms with Crippen molar-refractivity contribution >= 4 is 5.69 Å². The smallest absolute Gasteiger partial charge is 0.369 e. The molecule has 1 aromatic carbocycles. The normalized spacial score (nSPS) is 13.2. The second kappa shape index (κ2) is 4.82. The van der Waals surface area contributed by atoms with Crippen LogP contribution in [-0.2, 0) is 0 Å². The molecule has 88 valence electrons. The Balaban J connectivity index is 2.75. The van der Waals surface area contributed by atoms with Gasteiger partial charge in [0.15, 0.2) is 6.04 Å². The summed E-state index contributed by atoms with van der Waals surface area (Å²) in [4.78, 5) is 9.12. The van der Waals surface area contributed by atoms with Gasteiger partial charge in [0.05, 0.1) is 0 Å². The first-order valence-electron chi connectivity index (χ1n) is 4.39. The van der Waals surface area contributed by atoms with Gasteiger partial charge in [-0.2, -0.15) is 13.2 Å². The maximum Gasteiger partial charge on any atom is 0.415 e. The molecule has 1 atom stereocenters. The molecule has 0 fully saturated rings. The highest BCUT2D eigenvalue weighted by atomic mass is 19.4. The molecule has 0 radical (unpaired) electrons. The molecule has 1 N–H and O–H groups in total. The van der Waals surface area contributed by atoms with Crippen LogP contribution in [0.25, 0.3) is 0 Å². The highest BCUT2D eigenvalue weighted by Gasteiger charge is 2.43. The van der Waals surface area contributed by atoms with E-state index in [1.54, 1.807) is 18.2 Å². The van der Waals surface area contributed by atoms with Gasteiger partial charge in [-0.1, -0.05) is 18.2 Å². The van der Waals surface area contributed by atoms with Crippen molar-refractivity contribution in [2.24, 2.45) is 0 Å². The van der Waals surface area contributed by atoms with Gasteiger partial charge in [0.2, 0.25) is 6.54 Å². The van der Waals surface area contributed by atoms with Gasteiger partial charge in [-0.3, -0.25) is 10.1 Å². The van der Waals surface area contributed by atoms with Crippen LogP contribution in [0.15, 0.2) is 30.3 Å². The molecule has 0 saturated heterocycles. The largest absolute Gasteiger partial charge is 0.415 e.